The van der Waals surface area contributed by atoms with Gasteiger partial charge < -0.3 is 16.2 Å². The van der Waals surface area contributed by atoms with Crippen LogP contribution in [0.4, 0.5) is 0 Å². The molecule has 1 aliphatic carbocycles. The Labute approximate surface area is 123 Å². The van der Waals surface area contributed by atoms with Gasteiger partial charge >= 0.3 is 0 Å². The highest BCUT2D eigenvalue weighted by Crippen LogP contribution is 2.29. The normalized spacial score (nSPS) is 22.7. The van der Waals surface area contributed by atoms with Crippen molar-refractivity contribution in [3.05, 3.63) is 16.1 Å². The molecule has 1 aliphatic rings. The van der Waals surface area contributed by atoms with Crippen molar-refractivity contribution in [2.75, 3.05) is 19.7 Å². The number of hydrogen-bond donors (Lipinski definition) is 3. The minimum Gasteiger partial charge on any atom is -0.396 e. The maximum Gasteiger partial charge on any atom is 0.270 e. The number of aliphatic hydroxyl groups excluding tert-OH is 1. The molecule has 4 N–H and O–H groups in total. The second kappa shape index (κ2) is 7.71. The van der Waals surface area contributed by atoms with E-state index in [0.29, 0.717) is 37.0 Å². The number of aliphatic hydroxyl groups is 1. The Balaban J connectivity index is 1.84. The molecule has 0 radical (unpaired) electrons. The summed E-state index contributed by atoms with van der Waals surface area (Å²) in [5.41, 5.74) is 5.96. The molecule has 1 fully saturated rings. The lowest BCUT2D eigenvalue weighted by Crippen LogP contribution is -2.35. The van der Waals surface area contributed by atoms with E-state index in [1.54, 1.807) is 5.38 Å². The summed E-state index contributed by atoms with van der Waals surface area (Å²) in [4.78, 5) is 16.3. The Kier molecular flexibility index (Phi) is 5.94. The number of nitrogens with two attached hydrogens (primary N) is 1. The summed E-state index contributed by atoms with van der Waals surface area (Å²) in [5, 5.41) is 15.0. The van der Waals surface area contributed by atoms with E-state index in [4.69, 9.17) is 5.73 Å². The number of carbonyl (C=O) groups excluding carboxylic acids is 1. The van der Waals surface area contributed by atoms with E-state index in [2.05, 4.69) is 10.3 Å². The van der Waals surface area contributed by atoms with Crippen molar-refractivity contribution < 1.29 is 9.90 Å². The number of hydrogen-bond acceptors (Lipinski definition) is 5. The summed E-state index contributed by atoms with van der Waals surface area (Å²) in [7, 11) is 0. The van der Waals surface area contributed by atoms with Crippen molar-refractivity contribution in [3.8, 4) is 0 Å². The molecule has 0 aromatic carbocycles. The van der Waals surface area contributed by atoms with Gasteiger partial charge in [-0.15, -0.1) is 11.3 Å². The molecular formula is C14H23N3O2S. The molecule has 0 saturated heterocycles. The van der Waals surface area contributed by atoms with Crippen LogP contribution in [0.3, 0.4) is 0 Å². The van der Waals surface area contributed by atoms with E-state index < -0.39 is 0 Å². The fraction of sp³-hybridized carbons (Fsp3) is 0.714. The Morgan fingerprint density at radius 1 is 1.45 bits per heavy atom. The van der Waals surface area contributed by atoms with Crippen LogP contribution in [0.5, 0.6) is 0 Å². The first kappa shape index (κ1) is 15.4. The van der Waals surface area contributed by atoms with Crippen LogP contribution >= 0.6 is 11.3 Å². The molecule has 1 amide bonds. The first-order valence-corrected chi connectivity index (χ1v) is 8.16. The third-order valence-corrected chi connectivity index (χ3v) is 4.88. The molecule has 2 rings (SSSR count). The van der Waals surface area contributed by atoms with Crippen molar-refractivity contribution in [1.29, 1.82) is 0 Å². The number of aromatic nitrogens is 1. The average molecular weight is 297 g/mol. The number of nitrogens with one attached hydrogen (secondary N) is 1. The first-order valence-electron chi connectivity index (χ1n) is 7.28. The van der Waals surface area contributed by atoms with Crippen LogP contribution in [-0.2, 0) is 6.42 Å². The van der Waals surface area contributed by atoms with E-state index in [1.165, 1.54) is 24.2 Å². The maximum atomic E-state index is 12.0. The molecule has 5 nitrogen and oxygen atoms in total. The van der Waals surface area contributed by atoms with Gasteiger partial charge in [-0.3, -0.25) is 4.79 Å². The molecule has 6 heteroatoms. The van der Waals surface area contributed by atoms with E-state index >= 15 is 0 Å². The fourth-order valence-corrected chi connectivity index (χ4v) is 3.56. The lowest BCUT2D eigenvalue weighted by Gasteiger charge is -2.30. The van der Waals surface area contributed by atoms with Gasteiger partial charge in [-0.1, -0.05) is 12.8 Å². The Hall–Kier alpha value is -0.980. The molecule has 1 aromatic heterocycles. The second-order valence-corrected chi connectivity index (χ2v) is 6.31. The lowest BCUT2D eigenvalue weighted by atomic mass is 9.79. The summed E-state index contributed by atoms with van der Waals surface area (Å²) >= 11 is 1.48. The predicted octanol–water partition coefficient (Wildman–Crippen LogP) is 1.17. The molecular weight excluding hydrogens is 274 g/mol. The molecule has 0 aliphatic heterocycles. The summed E-state index contributed by atoms with van der Waals surface area (Å²) < 4.78 is 0. The first-order chi connectivity index (χ1) is 9.74. The van der Waals surface area contributed by atoms with Crippen molar-refractivity contribution in [2.24, 2.45) is 17.6 Å². The zero-order valence-corrected chi connectivity index (χ0v) is 12.5. The number of nitrogens with zero attached hydrogens (tertiary/aromatic N) is 1. The van der Waals surface area contributed by atoms with Gasteiger partial charge in [0.15, 0.2) is 0 Å². The van der Waals surface area contributed by atoms with E-state index in [0.717, 1.165) is 17.8 Å². The van der Waals surface area contributed by atoms with Crippen molar-refractivity contribution in [1.82, 2.24) is 10.3 Å². The van der Waals surface area contributed by atoms with Crippen molar-refractivity contribution in [3.63, 3.8) is 0 Å². The van der Waals surface area contributed by atoms with Gasteiger partial charge in [0.2, 0.25) is 0 Å². The summed E-state index contributed by atoms with van der Waals surface area (Å²) in [6.07, 6.45) is 5.24. The van der Waals surface area contributed by atoms with E-state index in [1.807, 2.05) is 0 Å². The minimum absolute atomic E-state index is 0.119. The van der Waals surface area contributed by atoms with Crippen LogP contribution < -0.4 is 11.1 Å². The van der Waals surface area contributed by atoms with Gasteiger partial charge in [0.1, 0.15) is 5.69 Å². The van der Waals surface area contributed by atoms with E-state index in [-0.39, 0.29) is 12.5 Å². The standard InChI is InChI=1S/C14H23N3O2S/c15-6-5-13-17-12(9-20-13)14(19)16-7-10-3-1-2-4-11(10)8-18/h9-11,18H,1-8,15H2,(H,16,19). The van der Waals surface area contributed by atoms with Gasteiger partial charge in [0.05, 0.1) is 5.01 Å². The van der Waals surface area contributed by atoms with Gasteiger partial charge in [-0.05, 0) is 31.2 Å². The molecule has 0 spiro atoms. The van der Waals surface area contributed by atoms with Crippen LogP contribution in [0.25, 0.3) is 0 Å². The lowest BCUT2D eigenvalue weighted by molar-refractivity contribution is 0.0905. The third kappa shape index (κ3) is 4.01. The average Bonchev–Trinajstić information content (AvgIpc) is 2.94. The van der Waals surface area contributed by atoms with Gasteiger partial charge in [0, 0.05) is 25.0 Å². The minimum atomic E-state index is -0.119. The summed E-state index contributed by atoms with van der Waals surface area (Å²) in [6.45, 7) is 1.40. The number of thiazole rings is 1. The molecule has 20 heavy (non-hydrogen) atoms. The SMILES string of the molecule is NCCc1nc(C(=O)NCC2CCCCC2CO)cs1. The van der Waals surface area contributed by atoms with Crippen molar-refractivity contribution in [2.45, 2.75) is 32.1 Å². The molecule has 1 heterocycles. The zero-order valence-electron chi connectivity index (χ0n) is 11.7. The number of rotatable bonds is 6. The van der Waals surface area contributed by atoms with Crippen LogP contribution in [0.15, 0.2) is 5.38 Å². The highest BCUT2D eigenvalue weighted by molar-refractivity contribution is 7.09. The molecule has 112 valence electrons. The molecule has 0 bridgehead atoms. The van der Waals surface area contributed by atoms with Gasteiger partial charge in [-0.25, -0.2) is 4.98 Å². The summed E-state index contributed by atoms with van der Waals surface area (Å²) in [5.74, 6) is 0.596. The zero-order chi connectivity index (χ0) is 14.4. The fourth-order valence-electron chi connectivity index (χ4n) is 2.76. The van der Waals surface area contributed by atoms with Gasteiger partial charge in [0.25, 0.3) is 5.91 Å². The highest BCUT2D eigenvalue weighted by Gasteiger charge is 2.25. The monoisotopic (exact) mass is 297 g/mol. The number of amides is 1. The van der Waals surface area contributed by atoms with Crippen LogP contribution in [0.2, 0.25) is 0 Å². The Morgan fingerprint density at radius 2 is 2.20 bits per heavy atom. The quantitative estimate of drug-likeness (QED) is 0.735. The summed E-state index contributed by atoms with van der Waals surface area (Å²) in [6, 6.07) is 0. The topological polar surface area (TPSA) is 88.2 Å². The third-order valence-electron chi connectivity index (χ3n) is 3.97. The molecule has 1 saturated carbocycles. The van der Waals surface area contributed by atoms with Crippen LogP contribution in [-0.4, -0.2) is 35.7 Å². The van der Waals surface area contributed by atoms with Crippen LogP contribution in [0.1, 0.15) is 41.2 Å². The van der Waals surface area contributed by atoms with Gasteiger partial charge in [-0.2, -0.15) is 0 Å². The Bertz CT molecular complexity index is 436. The maximum absolute atomic E-state index is 12.0. The largest absolute Gasteiger partial charge is 0.396 e. The second-order valence-electron chi connectivity index (χ2n) is 5.36. The molecule has 2 atom stereocenters. The predicted molar refractivity (Wildman–Crippen MR) is 79.7 cm³/mol. The van der Waals surface area contributed by atoms with E-state index in [9.17, 15) is 9.90 Å². The van der Waals surface area contributed by atoms with Crippen LogP contribution in [0, 0.1) is 11.8 Å². The smallest absolute Gasteiger partial charge is 0.270 e. The Morgan fingerprint density at radius 3 is 2.90 bits per heavy atom. The molecule has 1 aromatic rings. The highest BCUT2D eigenvalue weighted by atomic mass is 32.1. The number of carbonyl (C=O) groups is 1. The van der Waals surface area contributed by atoms with Crippen molar-refractivity contribution >= 4 is 17.2 Å². The molecule has 2 unspecified atom stereocenters.